The molecule has 4 heteroatoms. The van der Waals surface area contributed by atoms with Gasteiger partial charge >= 0.3 is 5.97 Å². The van der Waals surface area contributed by atoms with E-state index in [4.69, 9.17) is 16.6 Å². The van der Waals surface area contributed by atoms with Crippen LogP contribution in [0.5, 0.6) is 0 Å². The van der Waals surface area contributed by atoms with Gasteiger partial charge in [0.2, 0.25) is 0 Å². The van der Waals surface area contributed by atoms with Crippen molar-refractivity contribution in [1.29, 1.82) is 0 Å². The van der Waals surface area contributed by atoms with Gasteiger partial charge in [-0.25, -0.2) is 0 Å². The molecule has 116 valence electrons. The summed E-state index contributed by atoms with van der Waals surface area (Å²) in [6.07, 6.45) is 13.0. The zero-order valence-corrected chi connectivity index (χ0v) is 12.7. The fraction of sp³-hybridized carbons (Fsp3) is 0.588. The van der Waals surface area contributed by atoms with Gasteiger partial charge in [-0.05, 0) is 49.5 Å². The summed E-state index contributed by atoms with van der Waals surface area (Å²) in [5.41, 5.74) is 13.8. The minimum atomic E-state index is -0.732. The zero-order chi connectivity index (χ0) is 15.5. The maximum absolute atomic E-state index is 11.0. The zero-order valence-electron chi connectivity index (χ0n) is 12.7. The summed E-state index contributed by atoms with van der Waals surface area (Å²) in [7, 11) is 0. The van der Waals surface area contributed by atoms with Crippen molar-refractivity contribution in [3.63, 3.8) is 0 Å². The predicted octanol–water partition coefficient (Wildman–Crippen LogP) is 2.71. The van der Waals surface area contributed by atoms with Gasteiger partial charge in [-0.1, -0.05) is 30.7 Å². The molecule has 0 bridgehead atoms. The monoisotopic (exact) mass is 290 g/mol. The van der Waals surface area contributed by atoms with E-state index in [9.17, 15) is 4.79 Å². The van der Waals surface area contributed by atoms with Gasteiger partial charge in [0.25, 0.3) is 0 Å². The normalized spacial score (nSPS) is 28.5. The van der Waals surface area contributed by atoms with Crippen LogP contribution in [-0.4, -0.2) is 17.1 Å². The van der Waals surface area contributed by atoms with Crippen LogP contribution in [-0.2, 0) is 4.79 Å². The van der Waals surface area contributed by atoms with E-state index in [1.165, 1.54) is 5.57 Å². The average Bonchev–Trinajstić information content (AvgIpc) is 2.46. The molecule has 3 atom stereocenters. The molecule has 3 unspecified atom stereocenters. The van der Waals surface area contributed by atoms with Crippen molar-refractivity contribution in [3.8, 4) is 0 Å². The van der Waals surface area contributed by atoms with E-state index in [1.54, 1.807) is 0 Å². The summed E-state index contributed by atoms with van der Waals surface area (Å²) in [4.78, 5) is 11.0. The molecule has 0 fully saturated rings. The number of carboxylic acid groups (broad SMARTS) is 1. The number of nitrogens with two attached hydrogens (primary N) is 2. The van der Waals surface area contributed by atoms with E-state index < -0.39 is 5.97 Å². The summed E-state index contributed by atoms with van der Waals surface area (Å²) < 4.78 is 0. The molecular formula is C17H26N2O2. The third-order valence-corrected chi connectivity index (χ3v) is 4.99. The van der Waals surface area contributed by atoms with E-state index in [-0.39, 0.29) is 17.9 Å². The Balaban J connectivity index is 2.22. The molecule has 4 nitrogen and oxygen atoms in total. The Morgan fingerprint density at radius 3 is 2.71 bits per heavy atom. The third-order valence-electron chi connectivity index (χ3n) is 4.99. The Kier molecular flexibility index (Phi) is 4.88. The smallest absolute Gasteiger partial charge is 0.303 e. The first-order chi connectivity index (χ1) is 9.91. The molecule has 0 aromatic rings. The van der Waals surface area contributed by atoms with Crippen LogP contribution in [0, 0.1) is 11.3 Å². The van der Waals surface area contributed by atoms with Crippen LogP contribution in [0.2, 0.25) is 0 Å². The summed E-state index contributed by atoms with van der Waals surface area (Å²) in [5.74, 6) is -0.422. The highest BCUT2D eigenvalue weighted by Gasteiger charge is 2.37. The molecule has 0 saturated heterocycles. The Morgan fingerprint density at radius 1 is 1.43 bits per heavy atom. The quantitative estimate of drug-likeness (QED) is 0.679. The molecule has 0 spiro atoms. The van der Waals surface area contributed by atoms with Crippen LogP contribution in [0.25, 0.3) is 0 Å². The maximum Gasteiger partial charge on any atom is 0.303 e. The number of hydrogen-bond donors (Lipinski definition) is 3. The maximum atomic E-state index is 11.0. The molecule has 0 aromatic heterocycles. The van der Waals surface area contributed by atoms with Crippen LogP contribution in [0.1, 0.15) is 45.4 Å². The van der Waals surface area contributed by atoms with E-state index in [2.05, 4.69) is 19.1 Å². The Hall–Kier alpha value is -1.55. The summed E-state index contributed by atoms with van der Waals surface area (Å²) >= 11 is 0. The molecule has 2 rings (SSSR count). The molecule has 0 aromatic carbocycles. The molecule has 5 N–H and O–H groups in total. The van der Waals surface area contributed by atoms with E-state index in [0.29, 0.717) is 12.3 Å². The van der Waals surface area contributed by atoms with Crippen LogP contribution in [0.4, 0.5) is 0 Å². The van der Waals surface area contributed by atoms with Crippen molar-refractivity contribution in [2.24, 2.45) is 22.8 Å². The van der Waals surface area contributed by atoms with E-state index >= 15 is 0 Å². The molecule has 0 aliphatic heterocycles. The lowest BCUT2D eigenvalue weighted by Crippen LogP contribution is -2.33. The number of hydrogen-bond acceptors (Lipinski definition) is 3. The van der Waals surface area contributed by atoms with Gasteiger partial charge in [-0.3, -0.25) is 4.79 Å². The topological polar surface area (TPSA) is 89.3 Å². The fourth-order valence-electron chi connectivity index (χ4n) is 3.43. The molecule has 21 heavy (non-hydrogen) atoms. The van der Waals surface area contributed by atoms with Gasteiger partial charge < -0.3 is 16.6 Å². The Bertz CT molecular complexity index is 493. The molecule has 2 aliphatic carbocycles. The predicted molar refractivity (Wildman–Crippen MR) is 84.4 cm³/mol. The minimum Gasteiger partial charge on any atom is -0.481 e. The number of carboxylic acids is 1. The molecule has 0 saturated carbocycles. The number of rotatable bonds is 5. The Morgan fingerprint density at radius 2 is 2.19 bits per heavy atom. The average molecular weight is 290 g/mol. The molecular weight excluding hydrogens is 264 g/mol. The minimum absolute atomic E-state index is 0.119. The first-order valence-corrected chi connectivity index (χ1v) is 7.72. The standard InChI is InChI=1S/C17H26N2O2/c1-17(11-10-16(20)21,12-2-6-14(18)7-3-12)13-4-8-15(19)9-5-13/h2,4,6-7,12,15H,3,5,8-11,18-19H2,1H3,(H,20,21). The number of allylic oxidation sites excluding steroid dienone is 4. The molecule has 0 amide bonds. The first-order valence-electron chi connectivity index (χ1n) is 7.72. The van der Waals surface area contributed by atoms with E-state index in [1.807, 2.05) is 12.2 Å². The van der Waals surface area contributed by atoms with Crippen LogP contribution >= 0.6 is 0 Å². The Labute approximate surface area is 126 Å². The fourth-order valence-corrected chi connectivity index (χ4v) is 3.43. The van der Waals surface area contributed by atoms with Crippen molar-refractivity contribution < 1.29 is 9.90 Å². The molecule has 0 radical (unpaired) electrons. The van der Waals surface area contributed by atoms with Gasteiger partial charge in [0.15, 0.2) is 0 Å². The lowest BCUT2D eigenvalue weighted by molar-refractivity contribution is -0.137. The highest BCUT2D eigenvalue weighted by Crippen LogP contribution is 2.47. The third kappa shape index (κ3) is 3.76. The number of aliphatic carboxylic acids is 1. The largest absolute Gasteiger partial charge is 0.481 e. The van der Waals surface area contributed by atoms with Crippen molar-refractivity contribution >= 4 is 5.97 Å². The SMILES string of the molecule is CC(CCC(=O)O)(C1=CCC(N)CC1)C1C=CC(N)=CC1. The highest BCUT2D eigenvalue weighted by molar-refractivity contribution is 5.66. The lowest BCUT2D eigenvalue weighted by Gasteiger charge is -2.41. The summed E-state index contributed by atoms with van der Waals surface area (Å²) in [5, 5.41) is 9.07. The van der Waals surface area contributed by atoms with Gasteiger partial charge in [0, 0.05) is 18.2 Å². The van der Waals surface area contributed by atoms with Crippen molar-refractivity contribution in [2.45, 2.75) is 51.5 Å². The summed E-state index contributed by atoms with van der Waals surface area (Å²) in [6.45, 7) is 2.20. The first kappa shape index (κ1) is 15.8. The van der Waals surface area contributed by atoms with Crippen molar-refractivity contribution in [1.82, 2.24) is 0 Å². The van der Waals surface area contributed by atoms with E-state index in [0.717, 1.165) is 31.4 Å². The number of carbonyl (C=O) groups is 1. The second-order valence-corrected chi connectivity index (χ2v) is 6.48. The van der Waals surface area contributed by atoms with Gasteiger partial charge in [-0.15, -0.1) is 0 Å². The molecule has 2 aliphatic rings. The van der Waals surface area contributed by atoms with Gasteiger partial charge in [-0.2, -0.15) is 0 Å². The van der Waals surface area contributed by atoms with Gasteiger partial charge in [0.1, 0.15) is 0 Å². The van der Waals surface area contributed by atoms with Crippen LogP contribution in [0.3, 0.4) is 0 Å². The van der Waals surface area contributed by atoms with Crippen molar-refractivity contribution in [2.75, 3.05) is 0 Å². The van der Waals surface area contributed by atoms with Crippen LogP contribution < -0.4 is 11.5 Å². The lowest BCUT2D eigenvalue weighted by atomic mass is 9.64. The summed E-state index contributed by atoms with van der Waals surface area (Å²) in [6, 6.07) is 0.245. The molecule has 0 heterocycles. The second-order valence-electron chi connectivity index (χ2n) is 6.48. The van der Waals surface area contributed by atoms with Crippen LogP contribution in [0.15, 0.2) is 35.6 Å². The highest BCUT2D eigenvalue weighted by atomic mass is 16.4. The van der Waals surface area contributed by atoms with Gasteiger partial charge in [0.05, 0.1) is 0 Å². The second kappa shape index (κ2) is 6.48. The van der Waals surface area contributed by atoms with Crippen molar-refractivity contribution in [3.05, 3.63) is 35.6 Å².